The molecule has 2 amide bonds. The second-order valence-electron chi connectivity index (χ2n) is 5.74. The topological polar surface area (TPSA) is 95.7 Å². The molecule has 1 saturated heterocycles. The van der Waals surface area contributed by atoms with Gasteiger partial charge in [0.2, 0.25) is 0 Å². The van der Waals surface area contributed by atoms with E-state index >= 15 is 0 Å². The van der Waals surface area contributed by atoms with Gasteiger partial charge < -0.3 is 14.9 Å². The number of carbonyl (C=O) groups excluding carboxylic acids is 2. The van der Waals surface area contributed by atoms with E-state index in [1.165, 1.54) is 35.2 Å². The Hall–Kier alpha value is -2.68. The van der Waals surface area contributed by atoms with Crippen molar-refractivity contribution in [2.45, 2.75) is 13.0 Å². The lowest BCUT2D eigenvalue weighted by Gasteiger charge is -2.34. The molecule has 2 aromatic rings. The third kappa shape index (κ3) is 3.41. The van der Waals surface area contributed by atoms with Gasteiger partial charge in [0.1, 0.15) is 11.7 Å². The van der Waals surface area contributed by atoms with Crippen LogP contribution in [-0.4, -0.2) is 68.6 Å². The standard InChI is InChI=1S/C16H18N4O4S/c1-11(16(23)24)20-12(4-5-17-20)14(21)18-6-8-19(9-7-18)15(22)13-3-2-10-25-13/h2-5,10-11H,6-9H2,1H3,(H,23,24). The van der Waals surface area contributed by atoms with Gasteiger partial charge >= 0.3 is 5.97 Å². The second kappa shape index (κ2) is 7.06. The number of carboxylic acids is 1. The molecule has 25 heavy (non-hydrogen) atoms. The maximum absolute atomic E-state index is 12.7. The lowest BCUT2D eigenvalue weighted by Crippen LogP contribution is -2.50. The number of carbonyl (C=O) groups is 3. The molecule has 0 radical (unpaired) electrons. The Morgan fingerprint density at radius 1 is 1.12 bits per heavy atom. The summed E-state index contributed by atoms with van der Waals surface area (Å²) in [7, 11) is 0. The zero-order valence-electron chi connectivity index (χ0n) is 13.7. The van der Waals surface area contributed by atoms with Gasteiger partial charge in [0.25, 0.3) is 11.8 Å². The first-order valence-corrected chi connectivity index (χ1v) is 8.75. The minimum absolute atomic E-state index is 0.0216. The largest absolute Gasteiger partial charge is 0.480 e. The Labute approximate surface area is 148 Å². The van der Waals surface area contributed by atoms with E-state index in [0.29, 0.717) is 31.1 Å². The Morgan fingerprint density at radius 3 is 2.32 bits per heavy atom. The Balaban J connectivity index is 1.65. The highest BCUT2D eigenvalue weighted by atomic mass is 32.1. The zero-order chi connectivity index (χ0) is 18.0. The molecular formula is C16H18N4O4S. The minimum Gasteiger partial charge on any atom is -0.480 e. The number of piperazine rings is 1. The molecule has 0 aliphatic carbocycles. The summed E-state index contributed by atoms with van der Waals surface area (Å²) in [5.74, 6) is -1.34. The van der Waals surface area contributed by atoms with E-state index in [1.807, 2.05) is 11.4 Å². The van der Waals surface area contributed by atoms with Crippen LogP contribution in [0.25, 0.3) is 0 Å². The fourth-order valence-corrected chi connectivity index (χ4v) is 3.42. The van der Waals surface area contributed by atoms with E-state index in [0.717, 1.165) is 0 Å². The Bertz CT molecular complexity index is 778. The number of hydrogen-bond donors (Lipinski definition) is 1. The van der Waals surface area contributed by atoms with Crippen LogP contribution in [0, 0.1) is 0 Å². The summed E-state index contributed by atoms with van der Waals surface area (Å²) in [6, 6.07) is 4.22. The number of carboxylic acid groups (broad SMARTS) is 1. The molecule has 1 unspecified atom stereocenters. The third-order valence-corrected chi connectivity index (χ3v) is 5.06. The first-order valence-electron chi connectivity index (χ1n) is 7.87. The van der Waals surface area contributed by atoms with E-state index in [1.54, 1.807) is 15.9 Å². The first-order chi connectivity index (χ1) is 12.0. The molecule has 3 rings (SSSR count). The lowest BCUT2D eigenvalue weighted by molar-refractivity contribution is -0.140. The molecule has 2 aromatic heterocycles. The summed E-state index contributed by atoms with van der Waals surface area (Å²) >= 11 is 1.40. The number of aromatic nitrogens is 2. The van der Waals surface area contributed by atoms with Crippen LogP contribution in [0.3, 0.4) is 0 Å². The normalized spacial score (nSPS) is 15.9. The van der Waals surface area contributed by atoms with Gasteiger partial charge in [-0.2, -0.15) is 5.10 Å². The summed E-state index contributed by atoms with van der Waals surface area (Å²) in [5.41, 5.74) is 0.243. The van der Waals surface area contributed by atoms with Crippen molar-refractivity contribution in [1.29, 1.82) is 0 Å². The molecule has 1 N–H and O–H groups in total. The molecule has 1 aliphatic heterocycles. The summed E-state index contributed by atoms with van der Waals surface area (Å²) < 4.78 is 1.22. The van der Waals surface area contributed by atoms with Crippen molar-refractivity contribution in [2.24, 2.45) is 0 Å². The Morgan fingerprint density at radius 2 is 1.76 bits per heavy atom. The molecule has 0 saturated carbocycles. The SMILES string of the molecule is CC(C(=O)O)n1nccc1C(=O)N1CCN(C(=O)c2cccs2)CC1. The van der Waals surface area contributed by atoms with Crippen LogP contribution in [0.1, 0.15) is 33.1 Å². The van der Waals surface area contributed by atoms with E-state index < -0.39 is 12.0 Å². The monoisotopic (exact) mass is 362 g/mol. The quantitative estimate of drug-likeness (QED) is 0.881. The average Bonchev–Trinajstić information content (AvgIpc) is 3.31. The average molecular weight is 362 g/mol. The van der Waals surface area contributed by atoms with E-state index in [9.17, 15) is 14.4 Å². The molecule has 0 spiro atoms. The number of thiophene rings is 1. The highest BCUT2D eigenvalue weighted by molar-refractivity contribution is 7.12. The minimum atomic E-state index is -1.05. The summed E-state index contributed by atoms with van der Waals surface area (Å²) in [6.45, 7) is 3.19. The van der Waals surface area contributed by atoms with Gasteiger partial charge in [0, 0.05) is 32.4 Å². The van der Waals surface area contributed by atoms with Crippen molar-refractivity contribution in [3.63, 3.8) is 0 Å². The number of amides is 2. The molecule has 1 aliphatic rings. The van der Waals surface area contributed by atoms with Crippen molar-refractivity contribution in [3.8, 4) is 0 Å². The van der Waals surface area contributed by atoms with Gasteiger partial charge in [-0.15, -0.1) is 11.3 Å². The predicted molar refractivity (Wildman–Crippen MR) is 90.7 cm³/mol. The molecule has 1 atom stereocenters. The van der Waals surface area contributed by atoms with Gasteiger partial charge in [0.05, 0.1) is 4.88 Å². The van der Waals surface area contributed by atoms with Crippen LogP contribution in [-0.2, 0) is 4.79 Å². The number of rotatable bonds is 4. The van der Waals surface area contributed by atoms with Gasteiger partial charge in [-0.25, -0.2) is 9.48 Å². The van der Waals surface area contributed by atoms with Crippen LogP contribution in [0.4, 0.5) is 0 Å². The van der Waals surface area contributed by atoms with Crippen molar-refractivity contribution in [2.75, 3.05) is 26.2 Å². The molecule has 132 valence electrons. The summed E-state index contributed by atoms with van der Waals surface area (Å²) in [6.07, 6.45) is 1.42. The van der Waals surface area contributed by atoms with E-state index in [4.69, 9.17) is 5.11 Å². The van der Waals surface area contributed by atoms with E-state index in [2.05, 4.69) is 5.10 Å². The smallest absolute Gasteiger partial charge is 0.328 e. The van der Waals surface area contributed by atoms with Gasteiger partial charge in [-0.05, 0) is 24.4 Å². The maximum atomic E-state index is 12.7. The molecular weight excluding hydrogens is 344 g/mol. The van der Waals surface area contributed by atoms with Crippen molar-refractivity contribution >= 4 is 29.1 Å². The lowest BCUT2D eigenvalue weighted by atomic mass is 10.2. The van der Waals surface area contributed by atoms with Crippen LogP contribution in [0.5, 0.6) is 0 Å². The molecule has 0 bridgehead atoms. The van der Waals surface area contributed by atoms with Gasteiger partial charge in [-0.1, -0.05) is 6.07 Å². The Kier molecular flexibility index (Phi) is 4.84. The summed E-state index contributed by atoms with van der Waals surface area (Å²) in [5, 5.41) is 14.9. The third-order valence-electron chi connectivity index (χ3n) is 4.20. The first kappa shape index (κ1) is 17.2. The molecule has 8 nitrogen and oxygen atoms in total. The maximum Gasteiger partial charge on any atom is 0.328 e. The van der Waals surface area contributed by atoms with Gasteiger partial charge in [-0.3, -0.25) is 9.59 Å². The van der Waals surface area contributed by atoms with Crippen LogP contribution in [0.2, 0.25) is 0 Å². The predicted octanol–water partition coefficient (Wildman–Crippen LogP) is 1.19. The molecule has 3 heterocycles. The fraction of sp³-hybridized carbons (Fsp3) is 0.375. The van der Waals surface area contributed by atoms with Crippen molar-refractivity contribution in [3.05, 3.63) is 40.3 Å². The van der Waals surface area contributed by atoms with Gasteiger partial charge in [0.15, 0.2) is 0 Å². The molecule has 1 fully saturated rings. The number of nitrogens with zero attached hydrogens (tertiary/aromatic N) is 4. The zero-order valence-corrected chi connectivity index (χ0v) is 14.5. The van der Waals surface area contributed by atoms with Crippen LogP contribution < -0.4 is 0 Å². The van der Waals surface area contributed by atoms with Crippen LogP contribution >= 0.6 is 11.3 Å². The molecule has 0 aromatic carbocycles. The molecule has 9 heteroatoms. The van der Waals surface area contributed by atoms with Crippen LogP contribution in [0.15, 0.2) is 29.8 Å². The highest BCUT2D eigenvalue weighted by Crippen LogP contribution is 2.16. The second-order valence-corrected chi connectivity index (χ2v) is 6.68. The number of aliphatic carboxylic acids is 1. The summed E-state index contributed by atoms with van der Waals surface area (Å²) in [4.78, 5) is 40.2. The fourth-order valence-electron chi connectivity index (χ4n) is 2.73. The number of hydrogen-bond acceptors (Lipinski definition) is 5. The van der Waals surface area contributed by atoms with Crippen molar-refractivity contribution < 1.29 is 19.5 Å². The van der Waals surface area contributed by atoms with E-state index in [-0.39, 0.29) is 17.5 Å². The van der Waals surface area contributed by atoms with Crippen molar-refractivity contribution in [1.82, 2.24) is 19.6 Å². The highest BCUT2D eigenvalue weighted by Gasteiger charge is 2.29.